The van der Waals surface area contributed by atoms with Crippen molar-refractivity contribution < 1.29 is 23.7 Å². The number of urea groups is 1. The van der Waals surface area contributed by atoms with Crippen LogP contribution in [0.25, 0.3) is 0 Å². The molecule has 9 nitrogen and oxygen atoms in total. The van der Waals surface area contributed by atoms with E-state index in [9.17, 15) is 4.79 Å². The Hall–Kier alpha value is -3.23. The molecule has 0 aliphatic carbocycles. The Morgan fingerprint density at radius 2 is 2.00 bits per heavy atom. The van der Waals surface area contributed by atoms with Gasteiger partial charge in [0.2, 0.25) is 12.7 Å². The topological polar surface area (TPSA) is 104 Å². The highest BCUT2D eigenvalue weighted by atomic mass is 16.7. The summed E-state index contributed by atoms with van der Waals surface area (Å²) in [5, 5.41) is 5.27. The minimum atomic E-state index is -0.476. The fraction of sp³-hybridized carbons (Fsp3) is 0.214. The van der Waals surface area contributed by atoms with Crippen LogP contribution >= 0.6 is 0 Å². The van der Waals surface area contributed by atoms with Gasteiger partial charge in [0.1, 0.15) is 5.69 Å². The van der Waals surface area contributed by atoms with E-state index in [2.05, 4.69) is 20.6 Å². The molecule has 0 saturated heterocycles. The Labute approximate surface area is 131 Å². The number of nitrogens with zero attached hydrogens (tertiary/aromatic N) is 2. The summed E-state index contributed by atoms with van der Waals surface area (Å²) in [7, 11) is 2.87. The number of ether oxygens (including phenoxy) is 4. The Morgan fingerprint density at radius 3 is 2.78 bits per heavy atom. The monoisotopic (exact) mass is 318 g/mol. The van der Waals surface area contributed by atoms with Crippen molar-refractivity contribution >= 4 is 17.4 Å². The molecule has 0 saturated carbocycles. The van der Waals surface area contributed by atoms with Gasteiger partial charge < -0.3 is 29.6 Å². The van der Waals surface area contributed by atoms with E-state index in [1.807, 2.05) is 0 Å². The van der Waals surface area contributed by atoms with Crippen LogP contribution in [-0.4, -0.2) is 37.0 Å². The standard InChI is InChI=1S/C14H14N4O5/c1-20-12-9(6-15-14(18-12)21-2)17-13(19)16-8-3-4-10-11(5-8)23-7-22-10/h3-6H,7H2,1-2H3,(H2,16,17,19). The SMILES string of the molecule is COc1ncc(NC(=O)Nc2ccc3c(c2)OCO3)c(OC)n1. The third-order valence-corrected chi connectivity index (χ3v) is 2.99. The summed E-state index contributed by atoms with van der Waals surface area (Å²) in [6, 6.07) is 4.76. The van der Waals surface area contributed by atoms with Gasteiger partial charge in [-0.05, 0) is 12.1 Å². The average molecular weight is 318 g/mol. The first kappa shape index (κ1) is 14.7. The molecule has 120 valence electrons. The van der Waals surface area contributed by atoms with Gasteiger partial charge in [-0.25, -0.2) is 9.78 Å². The second-order valence-corrected chi connectivity index (χ2v) is 4.43. The minimum absolute atomic E-state index is 0.142. The highest BCUT2D eigenvalue weighted by Gasteiger charge is 2.15. The van der Waals surface area contributed by atoms with Crippen LogP contribution in [0.1, 0.15) is 0 Å². The second-order valence-electron chi connectivity index (χ2n) is 4.43. The van der Waals surface area contributed by atoms with E-state index in [1.54, 1.807) is 18.2 Å². The molecule has 0 spiro atoms. The molecule has 2 heterocycles. The smallest absolute Gasteiger partial charge is 0.323 e. The molecule has 2 N–H and O–H groups in total. The van der Waals surface area contributed by atoms with Crippen LogP contribution < -0.4 is 29.6 Å². The van der Waals surface area contributed by atoms with Gasteiger partial charge in [-0.2, -0.15) is 4.98 Å². The van der Waals surface area contributed by atoms with E-state index < -0.39 is 6.03 Å². The summed E-state index contributed by atoms with van der Waals surface area (Å²) >= 11 is 0. The molecule has 2 aromatic rings. The van der Waals surface area contributed by atoms with Crippen LogP contribution in [0.4, 0.5) is 16.2 Å². The number of anilines is 2. The van der Waals surface area contributed by atoms with Crippen molar-refractivity contribution in [3.05, 3.63) is 24.4 Å². The van der Waals surface area contributed by atoms with Gasteiger partial charge in [0.25, 0.3) is 0 Å². The van der Waals surface area contributed by atoms with Gasteiger partial charge in [0, 0.05) is 11.8 Å². The van der Waals surface area contributed by atoms with E-state index in [0.29, 0.717) is 22.9 Å². The van der Waals surface area contributed by atoms with E-state index in [1.165, 1.54) is 20.4 Å². The van der Waals surface area contributed by atoms with Crippen LogP contribution in [0.2, 0.25) is 0 Å². The lowest BCUT2D eigenvalue weighted by Crippen LogP contribution is -2.20. The normalized spacial score (nSPS) is 11.7. The van der Waals surface area contributed by atoms with E-state index in [-0.39, 0.29) is 18.7 Å². The Morgan fingerprint density at radius 1 is 1.17 bits per heavy atom. The molecule has 0 radical (unpaired) electrons. The van der Waals surface area contributed by atoms with Gasteiger partial charge >= 0.3 is 12.0 Å². The van der Waals surface area contributed by atoms with Crippen LogP contribution in [0.3, 0.4) is 0 Å². The lowest BCUT2D eigenvalue weighted by molar-refractivity contribution is 0.174. The largest absolute Gasteiger partial charge is 0.479 e. The summed E-state index contributed by atoms with van der Waals surface area (Å²) in [5.41, 5.74) is 0.867. The molecule has 0 bridgehead atoms. The van der Waals surface area contributed by atoms with Gasteiger partial charge in [0.15, 0.2) is 11.5 Å². The lowest BCUT2D eigenvalue weighted by Gasteiger charge is -2.11. The van der Waals surface area contributed by atoms with Crippen molar-refractivity contribution in [2.75, 3.05) is 31.6 Å². The summed E-state index contributed by atoms with van der Waals surface area (Å²) < 4.78 is 20.5. The fourth-order valence-corrected chi connectivity index (χ4v) is 1.95. The van der Waals surface area contributed by atoms with Crippen molar-refractivity contribution in [3.8, 4) is 23.4 Å². The second kappa shape index (κ2) is 6.26. The lowest BCUT2D eigenvalue weighted by atomic mass is 10.3. The molecular formula is C14H14N4O5. The first-order valence-corrected chi connectivity index (χ1v) is 6.62. The van der Waals surface area contributed by atoms with E-state index in [0.717, 1.165) is 0 Å². The van der Waals surface area contributed by atoms with E-state index in [4.69, 9.17) is 18.9 Å². The highest BCUT2D eigenvalue weighted by molar-refractivity contribution is 6.00. The third-order valence-electron chi connectivity index (χ3n) is 2.99. The molecule has 1 aliphatic heterocycles. The number of carbonyl (C=O) groups is 1. The van der Waals surface area contributed by atoms with Crippen LogP contribution in [-0.2, 0) is 0 Å². The van der Waals surface area contributed by atoms with Gasteiger partial charge in [0.05, 0.1) is 20.4 Å². The number of nitrogens with one attached hydrogen (secondary N) is 2. The summed E-state index contributed by atoms with van der Waals surface area (Å²) in [5.74, 6) is 1.41. The number of benzene rings is 1. The number of fused-ring (bicyclic) bond motifs is 1. The van der Waals surface area contributed by atoms with Crippen molar-refractivity contribution in [3.63, 3.8) is 0 Å². The molecule has 0 unspecified atom stereocenters. The van der Waals surface area contributed by atoms with Crippen molar-refractivity contribution in [1.82, 2.24) is 9.97 Å². The predicted octanol–water partition coefficient (Wildman–Crippen LogP) is 1.87. The summed E-state index contributed by atoms with van der Waals surface area (Å²) in [6.07, 6.45) is 1.39. The number of aromatic nitrogens is 2. The molecule has 9 heteroatoms. The summed E-state index contributed by atoms with van der Waals surface area (Å²) in [6.45, 7) is 0.172. The highest BCUT2D eigenvalue weighted by Crippen LogP contribution is 2.34. The molecule has 23 heavy (non-hydrogen) atoms. The Bertz CT molecular complexity index is 737. The van der Waals surface area contributed by atoms with Gasteiger partial charge in [-0.3, -0.25) is 0 Å². The molecule has 1 aromatic heterocycles. The maximum absolute atomic E-state index is 12.1. The van der Waals surface area contributed by atoms with Crippen molar-refractivity contribution in [1.29, 1.82) is 0 Å². The fourth-order valence-electron chi connectivity index (χ4n) is 1.95. The number of rotatable bonds is 4. The quantitative estimate of drug-likeness (QED) is 0.886. The first-order chi connectivity index (χ1) is 11.2. The Kier molecular flexibility index (Phi) is 4.00. The molecule has 0 fully saturated rings. The molecule has 1 aliphatic rings. The third kappa shape index (κ3) is 3.18. The first-order valence-electron chi connectivity index (χ1n) is 6.62. The molecule has 1 aromatic carbocycles. The van der Waals surface area contributed by atoms with Gasteiger partial charge in [-0.1, -0.05) is 0 Å². The number of hydrogen-bond acceptors (Lipinski definition) is 7. The number of methoxy groups -OCH3 is 2. The number of hydrogen-bond donors (Lipinski definition) is 2. The minimum Gasteiger partial charge on any atom is -0.479 e. The van der Waals surface area contributed by atoms with Crippen molar-refractivity contribution in [2.45, 2.75) is 0 Å². The molecule has 2 amide bonds. The van der Waals surface area contributed by atoms with E-state index >= 15 is 0 Å². The van der Waals surface area contributed by atoms with Crippen molar-refractivity contribution in [2.24, 2.45) is 0 Å². The zero-order valence-electron chi connectivity index (χ0n) is 12.5. The summed E-state index contributed by atoms with van der Waals surface area (Å²) in [4.78, 5) is 20.0. The Balaban J connectivity index is 1.70. The number of carbonyl (C=O) groups excluding carboxylic acids is 1. The molecular weight excluding hydrogens is 304 g/mol. The molecule has 3 rings (SSSR count). The van der Waals surface area contributed by atoms with Crippen LogP contribution in [0, 0.1) is 0 Å². The molecule has 0 atom stereocenters. The maximum Gasteiger partial charge on any atom is 0.323 e. The zero-order chi connectivity index (χ0) is 16.2. The van der Waals surface area contributed by atoms with Crippen LogP contribution in [0.5, 0.6) is 23.4 Å². The maximum atomic E-state index is 12.1. The van der Waals surface area contributed by atoms with Crippen LogP contribution in [0.15, 0.2) is 24.4 Å². The zero-order valence-corrected chi connectivity index (χ0v) is 12.5. The number of amides is 2. The average Bonchev–Trinajstić information content (AvgIpc) is 3.02. The van der Waals surface area contributed by atoms with Gasteiger partial charge in [-0.15, -0.1) is 0 Å². The predicted molar refractivity (Wildman–Crippen MR) is 80.3 cm³/mol.